The highest BCUT2D eigenvalue weighted by molar-refractivity contribution is 7.17. The molecule has 1 aromatic carbocycles. The van der Waals surface area contributed by atoms with Gasteiger partial charge in [-0.15, -0.1) is 11.3 Å². The summed E-state index contributed by atoms with van der Waals surface area (Å²) < 4.78 is 53.4. The number of carbonyl (C=O) groups is 1. The van der Waals surface area contributed by atoms with E-state index in [1.54, 1.807) is 18.2 Å². The predicted molar refractivity (Wildman–Crippen MR) is 110 cm³/mol. The maximum Gasteiger partial charge on any atom is 0.432 e. The van der Waals surface area contributed by atoms with Crippen LogP contribution in [0.25, 0.3) is 5.57 Å². The van der Waals surface area contributed by atoms with Crippen molar-refractivity contribution in [3.8, 4) is 0 Å². The van der Waals surface area contributed by atoms with Gasteiger partial charge in [0.15, 0.2) is 0 Å². The summed E-state index contributed by atoms with van der Waals surface area (Å²) in [7, 11) is 1.11. The Morgan fingerprint density at radius 3 is 2.38 bits per heavy atom. The Morgan fingerprint density at radius 1 is 1.17 bits per heavy atom. The van der Waals surface area contributed by atoms with Crippen molar-refractivity contribution in [3.05, 3.63) is 58.7 Å². The summed E-state index contributed by atoms with van der Waals surface area (Å²) in [6.45, 7) is 3.82. The van der Waals surface area contributed by atoms with E-state index in [-0.39, 0.29) is 11.5 Å². The molecule has 0 aliphatic carbocycles. The van der Waals surface area contributed by atoms with E-state index in [1.807, 2.05) is 13.8 Å². The monoisotopic (exact) mass is 426 g/mol. The Morgan fingerprint density at radius 2 is 1.83 bits per heavy atom. The van der Waals surface area contributed by atoms with E-state index in [2.05, 4.69) is 10.3 Å². The van der Waals surface area contributed by atoms with Gasteiger partial charge >= 0.3 is 6.18 Å². The maximum atomic E-state index is 13.8. The lowest BCUT2D eigenvalue weighted by atomic mass is 9.91. The summed E-state index contributed by atoms with van der Waals surface area (Å²) in [6.07, 6.45) is -2.16. The number of anilines is 1. The third-order valence-corrected chi connectivity index (χ3v) is 5.54. The number of nitrogens with one attached hydrogen (secondary N) is 1. The van der Waals surface area contributed by atoms with Gasteiger partial charge in [0.1, 0.15) is 11.5 Å². The molecule has 3 nitrogen and oxygen atoms in total. The van der Waals surface area contributed by atoms with Crippen molar-refractivity contribution in [1.82, 2.24) is 0 Å². The van der Waals surface area contributed by atoms with Crippen LogP contribution in [0.1, 0.15) is 41.9 Å². The van der Waals surface area contributed by atoms with Crippen molar-refractivity contribution in [2.45, 2.75) is 32.9 Å². The number of rotatable bonds is 7. The van der Waals surface area contributed by atoms with Crippen molar-refractivity contribution in [1.29, 1.82) is 0 Å². The topological polar surface area (TPSA) is 41.5 Å². The number of hydrogen-bond donors (Lipinski definition) is 1. The van der Waals surface area contributed by atoms with Crippen molar-refractivity contribution >= 4 is 33.5 Å². The number of amides is 1. The molecule has 1 N–H and O–H groups in total. The number of alkyl halides is 3. The second kappa shape index (κ2) is 9.82. The number of aliphatic imine (C=N–C) groups is 1. The Kier molecular flexibility index (Phi) is 7.73. The van der Waals surface area contributed by atoms with Gasteiger partial charge in [-0.3, -0.25) is 9.79 Å². The number of benzene rings is 1. The standard InChI is InChI=1S/C21H22F4N2OS/c1-4-13(5-2)15(12-18(26-3)21(23,24)25)17-10-11-19(29-17)27-20(28)14-8-6-7-9-16(14)22/h6-13H,4-5H2,1-3H3,(H,27,28). The summed E-state index contributed by atoms with van der Waals surface area (Å²) >= 11 is 1.15. The molecule has 0 spiro atoms. The first-order chi connectivity index (χ1) is 13.7. The fourth-order valence-electron chi connectivity index (χ4n) is 2.92. The van der Waals surface area contributed by atoms with Gasteiger partial charge in [0.2, 0.25) is 0 Å². The lowest BCUT2D eigenvalue weighted by Gasteiger charge is -2.17. The Hall–Kier alpha value is -2.48. The molecule has 1 aromatic heterocycles. The van der Waals surface area contributed by atoms with E-state index in [0.29, 0.717) is 28.3 Å². The van der Waals surface area contributed by atoms with Crippen LogP contribution in [-0.2, 0) is 0 Å². The van der Waals surface area contributed by atoms with Crippen LogP contribution in [0.4, 0.5) is 22.6 Å². The molecule has 2 rings (SSSR count). The lowest BCUT2D eigenvalue weighted by Crippen LogP contribution is -2.21. The molecule has 0 saturated heterocycles. The van der Waals surface area contributed by atoms with Crippen molar-refractivity contribution in [2.75, 3.05) is 12.4 Å². The van der Waals surface area contributed by atoms with Crippen molar-refractivity contribution < 1.29 is 22.4 Å². The molecule has 0 unspecified atom stereocenters. The van der Waals surface area contributed by atoms with Gasteiger partial charge in [-0.05, 0) is 54.7 Å². The normalized spacial score (nSPS) is 13.1. The molecule has 1 amide bonds. The number of nitrogens with zero attached hydrogens (tertiary/aromatic N) is 1. The minimum Gasteiger partial charge on any atom is -0.313 e. The average molecular weight is 426 g/mol. The van der Waals surface area contributed by atoms with E-state index in [0.717, 1.165) is 24.5 Å². The molecule has 8 heteroatoms. The van der Waals surface area contributed by atoms with Crippen molar-refractivity contribution in [3.63, 3.8) is 0 Å². The Bertz CT molecular complexity index is 911. The van der Waals surface area contributed by atoms with Gasteiger partial charge in [-0.1, -0.05) is 26.0 Å². The second-order valence-electron chi connectivity index (χ2n) is 6.32. The summed E-state index contributed by atoms with van der Waals surface area (Å²) in [6, 6.07) is 8.85. The van der Waals surface area contributed by atoms with E-state index < -0.39 is 23.6 Å². The molecular formula is C21H22F4N2OS. The van der Waals surface area contributed by atoms with Crippen LogP contribution in [-0.4, -0.2) is 24.8 Å². The zero-order valence-corrected chi connectivity index (χ0v) is 17.1. The molecule has 0 aliphatic rings. The number of halogens is 4. The molecule has 0 aliphatic heterocycles. The van der Waals surface area contributed by atoms with Gasteiger partial charge in [0.05, 0.1) is 10.6 Å². The molecule has 2 aromatic rings. The molecule has 156 valence electrons. The molecule has 0 fully saturated rings. The summed E-state index contributed by atoms with van der Waals surface area (Å²) in [5, 5.41) is 3.03. The SMILES string of the molecule is CCC(CC)C(=CC(=NC)C(F)(F)F)c1ccc(NC(=O)c2ccccc2F)s1. The minimum absolute atomic E-state index is 0.0946. The van der Waals surface area contributed by atoms with Gasteiger partial charge in [0.25, 0.3) is 5.91 Å². The first kappa shape index (κ1) is 22.8. The number of allylic oxidation sites excluding steroid dienone is 2. The van der Waals surface area contributed by atoms with Gasteiger partial charge in [-0.25, -0.2) is 4.39 Å². The third kappa shape index (κ3) is 5.76. The summed E-state index contributed by atoms with van der Waals surface area (Å²) in [5.74, 6) is -1.35. The Labute approximate surface area is 171 Å². The largest absolute Gasteiger partial charge is 0.432 e. The number of thiophene rings is 1. The molecule has 0 atom stereocenters. The van der Waals surface area contributed by atoms with E-state index in [4.69, 9.17) is 0 Å². The summed E-state index contributed by atoms with van der Waals surface area (Å²) in [5.41, 5.74) is -0.537. The van der Waals surface area contributed by atoms with Gasteiger partial charge in [0, 0.05) is 11.9 Å². The molecule has 0 radical (unpaired) electrons. The van der Waals surface area contributed by atoms with E-state index >= 15 is 0 Å². The lowest BCUT2D eigenvalue weighted by molar-refractivity contribution is -0.0577. The highest BCUT2D eigenvalue weighted by Gasteiger charge is 2.34. The zero-order chi connectivity index (χ0) is 21.6. The highest BCUT2D eigenvalue weighted by atomic mass is 32.1. The minimum atomic E-state index is -4.55. The van der Waals surface area contributed by atoms with Crippen LogP contribution in [0.5, 0.6) is 0 Å². The molecule has 29 heavy (non-hydrogen) atoms. The highest BCUT2D eigenvalue weighted by Crippen LogP contribution is 2.36. The summed E-state index contributed by atoms with van der Waals surface area (Å²) in [4.78, 5) is 16.3. The van der Waals surface area contributed by atoms with Gasteiger partial charge in [-0.2, -0.15) is 13.2 Å². The first-order valence-corrected chi connectivity index (χ1v) is 9.94. The fraction of sp³-hybridized carbons (Fsp3) is 0.333. The van der Waals surface area contributed by atoms with Gasteiger partial charge < -0.3 is 5.32 Å². The van der Waals surface area contributed by atoms with Crippen molar-refractivity contribution in [2.24, 2.45) is 10.9 Å². The number of hydrogen-bond acceptors (Lipinski definition) is 3. The fourth-order valence-corrected chi connectivity index (χ4v) is 3.92. The Balaban J connectivity index is 2.36. The molecular weight excluding hydrogens is 404 g/mol. The van der Waals surface area contributed by atoms with Crippen LogP contribution in [0.2, 0.25) is 0 Å². The first-order valence-electron chi connectivity index (χ1n) is 9.12. The van der Waals surface area contributed by atoms with Crippen LogP contribution >= 0.6 is 11.3 Å². The quantitative estimate of drug-likeness (QED) is 0.394. The average Bonchev–Trinajstić information content (AvgIpc) is 3.12. The van der Waals surface area contributed by atoms with E-state index in [9.17, 15) is 22.4 Å². The number of carbonyl (C=O) groups excluding carboxylic acids is 1. The zero-order valence-electron chi connectivity index (χ0n) is 16.3. The van der Waals surface area contributed by atoms with Crippen LogP contribution in [0.15, 0.2) is 47.5 Å². The van der Waals surface area contributed by atoms with Crippen LogP contribution in [0.3, 0.4) is 0 Å². The molecule has 0 bridgehead atoms. The van der Waals surface area contributed by atoms with Crippen LogP contribution < -0.4 is 5.32 Å². The second-order valence-corrected chi connectivity index (χ2v) is 7.40. The molecule has 1 heterocycles. The predicted octanol–water partition coefficient (Wildman–Crippen LogP) is 6.59. The maximum absolute atomic E-state index is 13.8. The smallest absolute Gasteiger partial charge is 0.313 e. The molecule has 0 saturated carbocycles. The van der Waals surface area contributed by atoms with Crippen LogP contribution in [0, 0.1) is 11.7 Å². The van der Waals surface area contributed by atoms with E-state index in [1.165, 1.54) is 18.2 Å². The third-order valence-electron chi connectivity index (χ3n) is 4.49.